The molecule has 6 fully saturated rings. The third-order valence-electron chi connectivity index (χ3n) is 12.4. The van der Waals surface area contributed by atoms with E-state index in [4.69, 9.17) is 52.1 Å². The van der Waals surface area contributed by atoms with Gasteiger partial charge in [-0.05, 0) is 0 Å². The molecule has 6 heterocycles. The van der Waals surface area contributed by atoms with E-state index in [-0.39, 0.29) is 0 Å². The SMILES string of the molecule is OC[C@H]1O[C@@H](O[C@H]2[C@@H](O)[C@@H](O)[C@H](O[C@H]3[C@H](O)[C@@H](O)[C@H](O[C@@H]4[C@@H](O)[C@H](O[C@H]5[C@H](O)[C@@H](O)[C@H](O[C@H]6[C@H](O)[C@@H](O)[C@H](O)O[C@@H]6CO)O[C@@H]5CO)O[C@H](CO)[C@H]4O)O[C@@H]3CO)O[C@@H]2CO)[C@H](O)[C@@H](O)[C@@H]1O. The minimum absolute atomic E-state index is 0.834. The Labute approximate surface area is 378 Å². The molecule has 0 radical (unpaired) electrons. The van der Waals surface area contributed by atoms with E-state index >= 15 is 0 Å². The maximum atomic E-state index is 11.4. The fourth-order valence-electron chi connectivity index (χ4n) is 8.51. The first-order valence-corrected chi connectivity index (χ1v) is 21.1. The average Bonchev–Trinajstić information content (AvgIpc) is 3.32. The molecule has 0 unspecified atom stereocenters. The molecule has 0 aromatic carbocycles. The second kappa shape index (κ2) is 23.5. The van der Waals surface area contributed by atoms with Gasteiger partial charge in [-0.15, -0.1) is 0 Å². The first-order valence-electron chi connectivity index (χ1n) is 21.1. The van der Waals surface area contributed by atoms with E-state index in [0.717, 1.165) is 0 Å². The summed E-state index contributed by atoms with van der Waals surface area (Å²) >= 11 is 0. The molecule has 6 saturated heterocycles. The molecule has 392 valence electrons. The van der Waals surface area contributed by atoms with E-state index in [2.05, 4.69) is 0 Å². The number of rotatable bonds is 16. The summed E-state index contributed by atoms with van der Waals surface area (Å²) in [5.74, 6) is 0. The Hall–Kier alpha value is -1.24. The summed E-state index contributed by atoms with van der Waals surface area (Å²) in [5, 5.41) is 210. The molecule has 6 aliphatic rings. The van der Waals surface area contributed by atoms with Gasteiger partial charge in [0, 0.05) is 0 Å². The van der Waals surface area contributed by atoms with Crippen molar-refractivity contribution in [2.24, 2.45) is 0 Å². The lowest BCUT2D eigenvalue weighted by molar-refractivity contribution is -0.396. The van der Waals surface area contributed by atoms with Gasteiger partial charge in [-0.2, -0.15) is 0 Å². The molecule has 0 amide bonds. The van der Waals surface area contributed by atoms with E-state index < -0.39 is 224 Å². The molecule has 0 aliphatic carbocycles. The van der Waals surface area contributed by atoms with Gasteiger partial charge in [-0.3, -0.25) is 0 Å². The second-order valence-corrected chi connectivity index (χ2v) is 16.8. The molecule has 6 aliphatic heterocycles. The summed E-state index contributed by atoms with van der Waals surface area (Å²) in [6.07, 6.45) is -57.0. The average molecular weight is 991 g/mol. The lowest BCUT2D eigenvalue weighted by Crippen LogP contribution is -2.68. The van der Waals surface area contributed by atoms with Gasteiger partial charge in [-0.25, -0.2) is 0 Å². The van der Waals surface area contributed by atoms with Crippen LogP contribution in [-0.4, -0.2) is 326 Å². The number of aliphatic hydroxyl groups excluding tert-OH is 20. The zero-order chi connectivity index (χ0) is 49.3. The molecule has 0 aromatic heterocycles. The van der Waals surface area contributed by atoms with Crippen molar-refractivity contribution in [3.05, 3.63) is 0 Å². The van der Waals surface area contributed by atoms with Crippen LogP contribution in [0.15, 0.2) is 0 Å². The fraction of sp³-hybridized carbons (Fsp3) is 1.00. The molecule has 0 bridgehead atoms. The third kappa shape index (κ3) is 11.2. The van der Waals surface area contributed by atoms with Crippen molar-refractivity contribution in [3.63, 3.8) is 0 Å². The molecule has 0 spiro atoms. The summed E-state index contributed by atoms with van der Waals surface area (Å²) in [7, 11) is 0. The van der Waals surface area contributed by atoms with Gasteiger partial charge in [-0.1, -0.05) is 0 Å². The maximum absolute atomic E-state index is 11.4. The summed E-state index contributed by atoms with van der Waals surface area (Å²) in [6.45, 7) is -5.71. The molecule has 0 aromatic rings. The summed E-state index contributed by atoms with van der Waals surface area (Å²) in [6, 6.07) is 0. The van der Waals surface area contributed by atoms with E-state index in [1.165, 1.54) is 0 Å². The number of hydrogen-bond donors (Lipinski definition) is 20. The lowest BCUT2D eigenvalue weighted by atomic mass is 9.95. The van der Waals surface area contributed by atoms with Gasteiger partial charge >= 0.3 is 0 Å². The molecular weight excluding hydrogens is 928 g/mol. The van der Waals surface area contributed by atoms with Crippen LogP contribution in [0.1, 0.15) is 0 Å². The molecule has 67 heavy (non-hydrogen) atoms. The molecule has 20 N–H and O–H groups in total. The molecule has 0 saturated carbocycles. The molecular formula is C36H62O31. The number of ether oxygens (including phenoxy) is 11. The first-order chi connectivity index (χ1) is 31.8. The van der Waals surface area contributed by atoms with Crippen LogP contribution in [0, 0.1) is 0 Å². The highest BCUT2D eigenvalue weighted by atomic mass is 16.8. The van der Waals surface area contributed by atoms with Crippen molar-refractivity contribution in [2.75, 3.05) is 39.6 Å². The fourth-order valence-corrected chi connectivity index (χ4v) is 8.51. The van der Waals surface area contributed by atoms with Crippen molar-refractivity contribution in [1.82, 2.24) is 0 Å². The zero-order valence-corrected chi connectivity index (χ0v) is 35.0. The van der Waals surface area contributed by atoms with E-state index in [9.17, 15) is 102 Å². The van der Waals surface area contributed by atoms with Crippen LogP contribution in [0.3, 0.4) is 0 Å². The van der Waals surface area contributed by atoms with Gasteiger partial charge in [0.05, 0.1) is 39.6 Å². The Balaban J connectivity index is 1.10. The van der Waals surface area contributed by atoms with E-state index in [1.807, 2.05) is 0 Å². The zero-order valence-electron chi connectivity index (χ0n) is 35.0. The normalized spacial score (nSPS) is 53.4. The van der Waals surface area contributed by atoms with Crippen LogP contribution >= 0.6 is 0 Å². The highest BCUT2D eigenvalue weighted by Gasteiger charge is 2.57. The molecule has 30 atom stereocenters. The largest absolute Gasteiger partial charge is 0.394 e. The Morgan fingerprint density at radius 2 is 0.478 bits per heavy atom. The van der Waals surface area contributed by atoms with Crippen molar-refractivity contribution in [1.29, 1.82) is 0 Å². The van der Waals surface area contributed by atoms with Gasteiger partial charge in [0.2, 0.25) is 0 Å². The Kier molecular flexibility index (Phi) is 19.4. The minimum atomic E-state index is -2.22. The molecule has 31 heteroatoms. The first kappa shape index (κ1) is 55.1. The van der Waals surface area contributed by atoms with Gasteiger partial charge in [0.15, 0.2) is 37.7 Å². The van der Waals surface area contributed by atoms with Crippen LogP contribution in [0.5, 0.6) is 0 Å². The van der Waals surface area contributed by atoms with Crippen LogP contribution in [0.2, 0.25) is 0 Å². The number of hydrogen-bond acceptors (Lipinski definition) is 31. The Bertz CT molecular complexity index is 1500. The van der Waals surface area contributed by atoms with Gasteiger partial charge in [0.25, 0.3) is 0 Å². The lowest BCUT2D eigenvalue weighted by Gasteiger charge is -2.50. The minimum Gasteiger partial charge on any atom is -0.394 e. The maximum Gasteiger partial charge on any atom is 0.187 e. The number of aliphatic hydroxyl groups is 20. The van der Waals surface area contributed by atoms with Crippen molar-refractivity contribution in [2.45, 2.75) is 184 Å². The van der Waals surface area contributed by atoms with Crippen LogP contribution in [0.4, 0.5) is 0 Å². The van der Waals surface area contributed by atoms with Crippen LogP contribution < -0.4 is 0 Å². The predicted molar refractivity (Wildman–Crippen MR) is 199 cm³/mol. The van der Waals surface area contributed by atoms with Gasteiger partial charge < -0.3 is 154 Å². The third-order valence-corrected chi connectivity index (χ3v) is 12.4. The standard InChI is InChI=1S/C36H62O31/c37-1-7-13(43)15(45)21(51)32(58-7)64-27-10(4-40)60-34(22(52)17(27)47)65-28-11(5-41)62-35(24(54)19(28)49)67-30-14(44)8(2-38)59-36(25(30)55)66-29-12(6-42)61-33(23(53)18(29)48)63-26-9(3-39)57-31(56)20(50)16(26)46/h7-56H,1-6H2/t7-,8-,9-,10-,11-,12-,13-,14-,15+,16-,17+,18-,19-,20-,21-,22-,23-,24-,25-,26-,27-,28-,29-,30+,31-,32+,33+,34+,35+,36+/m1/s1. The Morgan fingerprint density at radius 1 is 0.224 bits per heavy atom. The van der Waals surface area contributed by atoms with Crippen molar-refractivity contribution < 1.29 is 154 Å². The summed E-state index contributed by atoms with van der Waals surface area (Å²) < 4.78 is 60.5. The summed E-state index contributed by atoms with van der Waals surface area (Å²) in [5.41, 5.74) is 0. The monoisotopic (exact) mass is 990 g/mol. The highest BCUT2D eigenvalue weighted by Crippen LogP contribution is 2.36. The topological polar surface area (TPSA) is 506 Å². The van der Waals surface area contributed by atoms with E-state index in [1.54, 1.807) is 0 Å². The molecule has 6 rings (SSSR count). The smallest absolute Gasteiger partial charge is 0.187 e. The van der Waals surface area contributed by atoms with Crippen molar-refractivity contribution in [3.8, 4) is 0 Å². The predicted octanol–water partition coefficient (Wildman–Crippen LogP) is -14.1. The van der Waals surface area contributed by atoms with Crippen LogP contribution in [0.25, 0.3) is 0 Å². The van der Waals surface area contributed by atoms with Crippen molar-refractivity contribution >= 4 is 0 Å². The van der Waals surface area contributed by atoms with Crippen LogP contribution in [-0.2, 0) is 52.1 Å². The van der Waals surface area contributed by atoms with E-state index in [0.29, 0.717) is 0 Å². The second-order valence-electron chi connectivity index (χ2n) is 16.8. The quantitative estimate of drug-likeness (QED) is 0.0683. The summed E-state index contributed by atoms with van der Waals surface area (Å²) in [4.78, 5) is 0. The van der Waals surface area contributed by atoms with Gasteiger partial charge in [0.1, 0.15) is 146 Å². The Morgan fingerprint density at radius 3 is 0.821 bits per heavy atom. The highest BCUT2D eigenvalue weighted by molar-refractivity contribution is 5.00. The molecule has 31 nitrogen and oxygen atoms in total.